The molecule has 1 heterocycles. The molecule has 15 heavy (non-hydrogen) atoms. The highest BCUT2D eigenvalue weighted by atomic mass is 16.3. The molecule has 0 spiro atoms. The normalized spacial score (nSPS) is 27.7. The number of amides is 1. The summed E-state index contributed by atoms with van der Waals surface area (Å²) in [5.41, 5.74) is 0. The molecule has 0 aliphatic carbocycles. The summed E-state index contributed by atoms with van der Waals surface area (Å²) < 4.78 is 0. The second-order valence-corrected chi connectivity index (χ2v) is 4.48. The molecule has 2 atom stereocenters. The van der Waals surface area contributed by atoms with Gasteiger partial charge in [-0.1, -0.05) is 6.92 Å². The van der Waals surface area contributed by atoms with E-state index in [4.69, 9.17) is 0 Å². The van der Waals surface area contributed by atoms with Crippen LogP contribution in [-0.4, -0.2) is 60.1 Å². The molecule has 1 rings (SSSR count). The second kappa shape index (κ2) is 5.47. The Labute approximate surface area is 91.9 Å². The molecule has 1 saturated heterocycles. The van der Waals surface area contributed by atoms with E-state index in [0.29, 0.717) is 6.54 Å². The standard InChI is InChI=1S/C11H22N2O2/c1-4-12(3)11(15)8-13-6-5-10(14)9(2)7-13/h9-10,14H,4-8H2,1-3H3. The minimum Gasteiger partial charge on any atom is -0.393 e. The lowest BCUT2D eigenvalue weighted by molar-refractivity contribution is -0.131. The summed E-state index contributed by atoms with van der Waals surface area (Å²) in [6.07, 6.45) is 0.588. The second-order valence-electron chi connectivity index (χ2n) is 4.48. The predicted octanol–water partition coefficient (Wildman–Crippen LogP) is 0.167. The van der Waals surface area contributed by atoms with Gasteiger partial charge in [0.25, 0.3) is 0 Å². The van der Waals surface area contributed by atoms with Gasteiger partial charge in [-0.25, -0.2) is 0 Å². The van der Waals surface area contributed by atoms with Gasteiger partial charge < -0.3 is 10.0 Å². The van der Waals surface area contributed by atoms with Crippen molar-refractivity contribution in [3.05, 3.63) is 0 Å². The van der Waals surface area contributed by atoms with E-state index in [1.54, 1.807) is 4.90 Å². The van der Waals surface area contributed by atoms with Crippen molar-refractivity contribution >= 4 is 5.91 Å². The molecule has 4 nitrogen and oxygen atoms in total. The van der Waals surface area contributed by atoms with E-state index in [9.17, 15) is 9.90 Å². The molecule has 1 amide bonds. The highest BCUT2D eigenvalue weighted by Crippen LogP contribution is 2.16. The van der Waals surface area contributed by atoms with Crippen molar-refractivity contribution in [1.82, 2.24) is 9.80 Å². The fourth-order valence-electron chi connectivity index (χ4n) is 1.85. The fraction of sp³-hybridized carbons (Fsp3) is 0.909. The number of aliphatic hydroxyl groups excluding tert-OH is 1. The molecular formula is C11H22N2O2. The SMILES string of the molecule is CCN(C)C(=O)CN1CCC(O)C(C)C1. The number of aliphatic hydroxyl groups is 1. The van der Waals surface area contributed by atoms with Crippen LogP contribution in [0.25, 0.3) is 0 Å². The zero-order chi connectivity index (χ0) is 11.4. The van der Waals surface area contributed by atoms with E-state index in [-0.39, 0.29) is 17.9 Å². The lowest BCUT2D eigenvalue weighted by Gasteiger charge is -2.34. The number of hydrogen-bond donors (Lipinski definition) is 1. The number of piperidine rings is 1. The molecule has 1 aliphatic heterocycles. The van der Waals surface area contributed by atoms with Crippen LogP contribution in [0, 0.1) is 5.92 Å². The summed E-state index contributed by atoms with van der Waals surface area (Å²) in [4.78, 5) is 15.5. The molecular weight excluding hydrogens is 192 g/mol. The smallest absolute Gasteiger partial charge is 0.236 e. The lowest BCUT2D eigenvalue weighted by Crippen LogP contribution is -2.46. The topological polar surface area (TPSA) is 43.8 Å². The largest absolute Gasteiger partial charge is 0.393 e. The number of carbonyl (C=O) groups is 1. The van der Waals surface area contributed by atoms with Crippen molar-refractivity contribution < 1.29 is 9.90 Å². The number of nitrogens with zero attached hydrogens (tertiary/aromatic N) is 2. The van der Waals surface area contributed by atoms with Crippen molar-refractivity contribution in [2.24, 2.45) is 5.92 Å². The van der Waals surface area contributed by atoms with Gasteiger partial charge in [-0.15, -0.1) is 0 Å². The first-order chi connectivity index (χ1) is 7.04. The van der Waals surface area contributed by atoms with Crippen LogP contribution >= 0.6 is 0 Å². The maximum Gasteiger partial charge on any atom is 0.236 e. The minimum atomic E-state index is -0.194. The Morgan fingerprint density at radius 3 is 2.80 bits per heavy atom. The molecule has 0 aromatic carbocycles. The van der Waals surface area contributed by atoms with Gasteiger partial charge in [0.15, 0.2) is 0 Å². The van der Waals surface area contributed by atoms with Crippen molar-refractivity contribution in [3.63, 3.8) is 0 Å². The van der Waals surface area contributed by atoms with Crippen molar-refractivity contribution in [3.8, 4) is 0 Å². The Morgan fingerprint density at radius 1 is 1.60 bits per heavy atom. The third-order valence-electron chi connectivity index (χ3n) is 3.20. The molecule has 1 N–H and O–H groups in total. The first kappa shape index (κ1) is 12.5. The van der Waals surface area contributed by atoms with E-state index in [1.165, 1.54) is 0 Å². The van der Waals surface area contributed by atoms with Gasteiger partial charge in [0, 0.05) is 26.7 Å². The first-order valence-corrected chi connectivity index (χ1v) is 5.69. The summed E-state index contributed by atoms with van der Waals surface area (Å²) in [5, 5.41) is 9.56. The van der Waals surface area contributed by atoms with E-state index < -0.39 is 0 Å². The van der Waals surface area contributed by atoms with E-state index in [2.05, 4.69) is 4.90 Å². The Morgan fingerprint density at radius 2 is 2.27 bits per heavy atom. The Bertz CT molecular complexity index is 221. The maximum absolute atomic E-state index is 11.7. The first-order valence-electron chi connectivity index (χ1n) is 5.69. The van der Waals surface area contributed by atoms with Crippen LogP contribution in [0.5, 0.6) is 0 Å². The summed E-state index contributed by atoms with van der Waals surface area (Å²) in [7, 11) is 1.82. The summed E-state index contributed by atoms with van der Waals surface area (Å²) in [5.74, 6) is 0.444. The molecule has 88 valence electrons. The van der Waals surface area contributed by atoms with Crippen LogP contribution in [0.15, 0.2) is 0 Å². The Balaban J connectivity index is 2.36. The van der Waals surface area contributed by atoms with E-state index in [0.717, 1.165) is 26.1 Å². The maximum atomic E-state index is 11.7. The number of likely N-dealkylation sites (N-methyl/N-ethyl adjacent to an activating group) is 1. The van der Waals surface area contributed by atoms with Crippen LogP contribution in [0.3, 0.4) is 0 Å². The molecule has 0 aromatic heterocycles. The van der Waals surface area contributed by atoms with Gasteiger partial charge in [-0.3, -0.25) is 9.69 Å². The summed E-state index contributed by atoms with van der Waals surface area (Å²) in [6, 6.07) is 0. The molecule has 0 bridgehead atoms. The number of carbonyl (C=O) groups excluding carboxylic acids is 1. The van der Waals surface area contributed by atoms with Gasteiger partial charge in [0.05, 0.1) is 12.6 Å². The molecule has 4 heteroatoms. The van der Waals surface area contributed by atoms with Crippen molar-refractivity contribution in [2.75, 3.05) is 33.2 Å². The summed E-state index contributed by atoms with van der Waals surface area (Å²) >= 11 is 0. The van der Waals surface area contributed by atoms with Crippen molar-refractivity contribution in [1.29, 1.82) is 0 Å². The number of rotatable bonds is 3. The molecule has 0 saturated carbocycles. The number of likely N-dealkylation sites (tertiary alicyclic amines) is 1. The molecule has 0 aromatic rings. The zero-order valence-corrected chi connectivity index (χ0v) is 9.94. The van der Waals surface area contributed by atoms with E-state index in [1.807, 2.05) is 20.9 Å². The van der Waals surface area contributed by atoms with Gasteiger partial charge in [0.1, 0.15) is 0 Å². The van der Waals surface area contributed by atoms with Crippen LogP contribution in [0.4, 0.5) is 0 Å². The molecule has 2 unspecified atom stereocenters. The molecule has 0 radical (unpaired) electrons. The number of hydrogen-bond acceptors (Lipinski definition) is 3. The van der Waals surface area contributed by atoms with Crippen LogP contribution in [0.1, 0.15) is 20.3 Å². The third kappa shape index (κ3) is 3.47. The lowest BCUT2D eigenvalue weighted by atomic mass is 9.97. The highest BCUT2D eigenvalue weighted by molar-refractivity contribution is 5.77. The van der Waals surface area contributed by atoms with Crippen molar-refractivity contribution in [2.45, 2.75) is 26.4 Å². The van der Waals surface area contributed by atoms with Gasteiger partial charge in [-0.2, -0.15) is 0 Å². The van der Waals surface area contributed by atoms with Gasteiger partial charge in [0.2, 0.25) is 5.91 Å². The molecule has 1 aliphatic rings. The van der Waals surface area contributed by atoms with Crippen LogP contribution in [0.2, 0.25) is 0 Å². The highest BCUT2D eigenvalue weighted by Gasteiger charge is 2.25. The monoisotopic (exact) mass is 214 g/mol. The van der Waals surface area contributed by atoms with E-state index >= 15 is 0 Å². The Hall–Kier alpha value is -0.610. The average molecular weight is 214 g/mol. The fourth-order valence-corrected chi connectivity index (χ4v) is 1.85. The third-order valence-corrected chi connectivity index (χ3v) is 3.20. The Kier molecular flexibility index (Phi) is 4.54. The zero-order valence-electron chi connectivity index (χ0n) is 9.94. The average Bonchev–Trinajstić information content (AvgIpc) is 2.22. The minimum absolute atomic E-state index is 0.168. The van der Waals surface area contributed by atoms with Crippen LogP contribution < -0.4 is 0 Å². The van der Waals surface area contributed by atoms with Crippen LogP contribution in [-0.2, 0) is 4.79 Å². The van der Waals surface area contributed by atoms with Gasteiger partial charge >= 0.3 is 0 Å². The summed E-state index contributed by atoms with van der Waals surface area (Å²) in [6.45, 7) is 6.90. The molecule has 1 fully saturated rings. The predicted molar refractivity (Wildman–Crippen MR) is 59.5 cm³/mol. The van der Waals surface area contributed by atoms with Gasteiger partial charge in [-0.05, 0) is 19.3 Å². The quantitative estimate of drug-likeness (QED) is 0.728.